The molecule has 0 spiro atoms. The predicted octanol–water partition coefficient (Wildman–Crippen LogP) is 6.28. The van der Waals surface area contributed by atoms with Crippen molar-refractivity contribution >= 4 is 18.4 Å². The lowest BCUT2D eigenvalue weighted by Gasteiger charge is -2.38. The summed E-state index contributed by atoms with van der Waals surface area (Å²) in [6.45, 7) is -0.330. The van der Waals surface area contributed by atoms with Crippen molar-refractivity contribution in [3.63, 3.8) is 0 Å². The fourth-order valence-electron chi connectivity index (χ4n) is 4.68. The molecule has 0 aliphatic carbocycles. The van der Waals surface area contributed by atoms with Gasteiger partial charge in [0, 0.05) is 6.04 Å². The SMILES string of the molecule is C[C@@H]([C@H](OP1(=S)N(C)[C@H](c2ccccc2)[C@@H](c2ccccc2)N1C)c1ccccc1)N(C)C. The number of likely N-dealkylation sites (N-methyl/N-ethyl adjacent to an activating group) is 3. The molecular formula is C27H34N3OPS. The third kappa shape index (κ3) is 4.72. The summed E-state index contributed by atoms with van der Waals surface area (Å²) < 4.78 is 11.7. The van der Waals surface area contributed by atoms with Crippen LogP contribution in [0.1, 0.15) is 41.8 Å². The van der Waals surface area contributed by atoms with Crippen LogP contribution in [-0.2, 0) is 16.3 Å². The summed E-state index contributed by atoms with van der Waals surface area (Å²) in [5, 5.41) is 0. The summed E-state index contributed by atoms with van der Waals surface area (Å²) in [6, 6.07) is 32.2. The Kier molecular flexibility index (Phi) is 7.49. The van der Waals surface area contributed by atoms with E-state index in [0.29, 0.717) is 0 Å². The monoisotopic (exact) mass is 479 g/mol. The molecule has 1 heterocycles. The first-order chi connectivity index (χ1) is 15.8. The van der Waals surface area contributed by atoms with Crippen molar-refractivity contribution < 1.29 is 4.52 Å². The van der Waals surface area contributed by atoms with E-state index in [4.69, 9.17) is 16.3 Å². The van der Waals surface area contributed by atoms with E-state index >= 15 is 0 Å². The first-order valence-electron chi connectivity index (χ1n) is 11.4. The second-order valence-electron chi connectivity index (χ2n) is 8.99. The van der Waals surface area contributed by atoms with E-state index in [1.54, 1.807) is 0 Å². The lowest BCUT2D eigenvalue weighted by Crippen LogP contribution is -2.33. The summed E-state index contributed by atoms with van der Waals surface area (Å²) >= 11 is 6.47. The summed E-state index contributed by atoms with van der Waals surface area (Å²) in [7, 11) is 8.47. The molecule has 1 aliphatic rings. The zero-order chi connectivity index (χ0) is 23.6. The van der Waals surface area contributed by atoms with Crippen LogP contribution in [0.15, 0.2) is 91.0 Å². The Morgan fingerprint density at radius 1 is 0.758 bits per heavy atom. The van der Waals surface area contributed by atoms with Gasteiger partial charge in [0.15, 0.2) is 0 Å². The van der Waals surface area contributed by atoms with Gasteiger partial charge in [-0.1, -0.05) is 91.0 Å². The van der Waals surface area contributed by atoms with E-state index in [0.717, 1.165) is 5.56 Å². The average molecular weight is 480 g/mol. The molecule has 6 heteroatoms. The van der Waals surface area contributed by atoms with Gasteiger partial charge >= 0.3 is 0 Å². The van der Waals surface area contributed by atoms with Crippen molar-refractivity contribution in [2.45, 2.75) is 31.2 Å². The Balaban J connectivity index is 1.79. The lowest BCUT2D eigenvalue weighted by molar-refractivity contribution is 0.107. The van der Waals surface area contributed by atoms with Gasteiger partial charge in [0.05, 0.1) is 12.1 Å². The maximum atomic E-state index is 7.07. The third-order valence-electron chi connectivity index (χ3n) is 6.82. The zero-order valence-electron chi connectivity index (χ0n) is 20.1. The molecule has 0 bridgehead atoms. The molecule has 0 radical (unpaired) electrons. The van der Waals surface area contributed by atoms with Crippen molar-refractivity contribution in [1.29, 1.82) is 0 Å². The molecule has 0 unspecified atom stereocenters. The normalized spacial score (nSPS) is 23.0. The Bertz CT molecular complexity index is 1020. The number of nitrogens with zero attached hydrogens (tertiary/aromatic N) is 3. The van der Waals surface area contributed by atoms with E-state index in [2.05, 4.69) is 134 Å². The molecule has 4 atom stereocenters. The Morgan fingerprint density at radius 3 is 1.55 bits per heavy atom. The topological polar surface area (TPSA) is 19.0 Å². The average Bonchev–Trinajstić information content (AvgIpc) is 3.04. The van der Waals surface area contributed by atoms with Crippen LogP contribution >= 0.6 is 6.57 Å². The largest absolute Gasteiger partial charge is 0.317 e. The predicted molar refractivity (Wildman–Crippen MR) is 142 cm³/mol. The Labute approximate surface area is 204 Å². The van der Waals surface area contributed by atoms with Crippen molar-refractivity contribution in [3.05, 3.63) is 108 Å². The molecule has 0 saturated carbocycles. The van der Waals surface area contributed by atoms with Crippen LogP contribution in [0.4, 0.5) is 0 Å². The summed E-state index contributed by atoms with van der Waals surface area (Å²) in [4.78, 5) is 2.21. The lowest BCUT2D eigenvalue weighted by atomic mass is 9.93. The van der Waals surface area contributed by atoms with Crippen LogP contribution in [-0.4, -0.2) is 48.5 Å². The minimum absolute atomic E-state index is 0.107. The van der Waals surface area contributed by atoms with E-state index in [1.165, 1.54) is 11.1 Å². The van der Waals surface area contributed by atoms with Gasteiger partial charge in [-0.05, 0) is 63.6 Å². The van der Waals surface area contributed by atoms with Crippen LogP contribution < -0.4 is 0 Å². The van der Waals surface area contributed by atoms with Gasteiger partial charge in [-0.3, -0.25) is 0 Å². The molecule has 0 N–H and O–H groups in total. The maximum Gasteiger partial charge on any atom is 0.204 e. The van der Waals surface area contributed by atoms with Gasteiger partial charge in [0.25, 0.3) is 0 Å². The van der Waals surface area contributed by atoms with Crippen molar-refractivity contribution in [2.75, 3.05) is 28.2 Å². The summed E-state index contributed by atoms with van der Waals surface area (Å²) in [5.74, 6) is 0. The van der Waals surface area contributed by atoms with E-state index in [-0.39, 0.29) is 24.2 Å². The molecule has 33 heavy (non-hydrogen) atoms. The maximum absolute atomic E-state index is 7.07. The van der Waals surface area contributed by atoms with Gasteiger partial charge in [-0.25, -0.2) is 9.34 Å². The van der Waals surface area contributed by atoms with Gasteiger partial charge in [-0.2, -0.15) is 0 Å². The fraction of sp³-hybridized carbons (Fsp3) is 0.333. The summed E-state index contributed by atoms with van der Waals surface area (Å²) in [6.07, 6.45) is -0.136. The van der Waals surface area contributed by atoms with Gasteiger partial charge in [0.1, 0.15) is 6.10 Å². The molecule has 1 saturated heterocycles. The number of rotatable bonds is 7. The second kappa shape index (κ2) is 10.2. The first kappa shape index (κ1) is 24.3. The quantitative estimate of drug-likeness (QED) is 0.370. The van der Waals surface area contributed by atoms with Gasteiger partial charge in [-0.15, -0.1) is 0 Å². The summed E-state index contributed by atoms with van der Waals surface area (Å²) in [5.41, 5.74) is 3.67. The smallest absolute Gasteiger partial charge is 0.204 e. The van der Waals surface area contributed by atoms with Crippen molar-refractivity contribution in [1.82, 2.24) is 14.2 Å². The molecule has 4 rings (SSSR count). The molecule has 174 valence electrons. The highest BCUT2D eigenvalue weighted by Crippen LogP contribution is 2.70. The number of benzene rings is 3. The second-order valence-corrected chi connectivity index (χ2v) is 12.9. The molecule has 1 fully saturated rings. The highest BCUT2D eigenvalue weighted by Gasteiger charge is 2.51. The number of hydrogen-bond donors (Lipinski definition) is 0. The Morgan fingerprint density at radius 2 is 1.15 bits per heavy atom. The first-order valence-corrected chi connectivity index (χ1v) is 14.0. The van der Waals surface area contributed by atoms with E-state index in [1.807, 2.05) is 6.07 Å². The van der Waals surface area contributed by atoms with Gasteiger partial charge < -0.3 is 9.42 Å². The van der Waals surface area contributed by atoms with Gasteiger partial charge in [0.2, 0.25) is 6.57 Å². The molecule has 0 aromatic heterocycles. The van der Waals surface area contributed by atoms with Crippen LogP contribution in [0.5, 0.6) is 0 Å². The molecule has 1 aliphatic heterocycles. The van der Waals surface area contributed by atoms with E-state index < -0.39 is 6.57 Å². The third-order valence-corrected chi connectivity index (χ3v) is 11.2. The van der Waals surface area contributed by atoms with Crippen molar-refractivity contribution in [3.8, 4) is 0 Å². The minimum Gasteiger partial charge on any atom is -0.317 e. The highest BCUT2D eigenvalue weighted by atomic mass is 32.5. The highest BCUT2D eigenvalue weighted by molar-refractivity contribution is 8.10. The fourth-order valence-corrected chi connectivity index (χ4v) is 8.05. The Hall–Kier alpha value is -1.85. The van der Waals surface area contributed by atoms with E-state index in [9.17, 15) is 0 Å². The standard InChI is InChI=1S/C27H34N3OPS/c1-21(28(2)3)27(24-19-13-8-14-20-24)31-32(33)29(4)25(22-15-9-6-10-16-22)26(30(32)5)23-17-11-7-12-18-23/h6-21,25-27H,1-5H3/t21-,25+,26+,27-/m0/s1. The molecule has 3 aromatic rings. The molecule has 3 aromatic carbocycles. The molecular weight excluding hydrogens is 445 g/mol. The zero-order valence-corrected chi connectivity index (χ0v) is 21.8. The van der Waals surface area contributed by atoms with Crippen LogP contribution in [0.25, 0.3) is 0 Å². The minimum atomic E-state index is -2.54. The van der Waals surface area contributed by atoms with Crippen LogP contribution in [0.3, 0.4) is 0 Å². The molecule has 4 nitrogen and oxygen atoms in total. The van der Waals surface area contributed by atoms with Crippen LogP contribution in [0, 0.1) is 0 Å². The molecule has 0 amide bonds. The number of hydrogen-bond acceptors (Lipinski definition) is 3. The van der Waals surface area contributed by atoms with Crippen molar-refractivity contribution in [2.24, 2.45) is 0 Å². The van der Waals surface area contributed by atoms with Crippen LogP contribution in [0.2, 0.25) is 0 Å².